The topological polar surface area (TPSA) is 49.3 Å². The number of aryl methyl sites for hydroxylation is 2. The Balaban J connectivity index is 2.60. The van der Waals surface area contributed by atoms with E-state index in [4.69, 9.17) is 5.11 Å². The van der Waals surface area contributed by atoms with Crippen molar-refractivity contribution in [2.24, 2.45) is 5.92 Å². The minimum absolute atomic E-state index is 0.295. The fraction of sp³-hybridized carbons (Fsp3) is 0.500. The van der Waals surface area contributed by atoms with Gasteiger partial charge in [0, 0.05) is 12.2 Å². The van der Waals surface area contributed by atoms with Crippen LogP contribution >= 0.6 is 0 Å². The Morgan fingerprint density at radius 1 is 1.47 bits per heavy atom. The average molecular weight is 235 g/mol. The molecule has 0 saturated heterocycles. The van der Waals surface area contributed by atoms with Gasteiger partial charge in [-0.05, 0) is 30.9 Å². The van der Waals surface area contributed by atoms with Crippen LogP contribution in [-0.4, -0.2) is 17.6 Å². The minimum Gasteiger partial charge on any atom is -0.481 e. The number of carbonyl (C=O) groups is 1. The Hall–Kier alpha value is -1.51. The van der Waals surface area contributed by atoms with Crippen LogP contribution in [0.3, 0.4) is 0 Å². The van der Waals surface area contributed by atoms with E-state index in [0.717, 1.165) is 12.1 Å². The number of hydrogen-bond donors (Lipinski definition) is 2. The lowest BCUT2D eigenvalue weighted by atomic mass is 10.0. The van der Waals surface area contributed by atoms with Crippen LogP contribution in [0.15, 0.2) is 18.2 Å². The number of benzene rings is 1. The SMILES string of the molecule is CCc1cccc(C)c1NCCC(C)C(=O)O. The number of aliphatic carboxylic acids is 1. The van der Waals surface area contributed by atoms with E-state index in [9.17, 15) is 4.79 Å². The second-order valence-electron chi connectivity index (χ2n) is 4.42. The standard InChI is InChI=1S/C14H21NO2/c1-4-12-7-5-6-10(2)13(12)15-9-8-11(3)14(16)17/h5-7,11,15H,4,8-9H2,1-3H3,(H,16,17). The van der Waals surface area contributed by atoms with Crippen LogP contribution in [0.4, 0.5) is 5.69 Å². The molecule has 1 rings (SSSR count). The van der Waals surface area contributed by atoms with Crippen LogP contribution in [0.25, 0.3) is 0 Å². The molecule has 0 aliphatic heterocycles. The van der Waals surface area contributed by atoms with Crippen molar-refractivity contribution in [2.45, 2.75) is 33.6 Å². The number of hydrogen-bond acceptors (Lipinski definition) is 2. The number of para-hydroxylation sites is 1. The first kappa shape index (κ1) is 13.6. The monoisotopic (exact) mass is 235 g/mol. The van der Waals surface area contributed by atoms with Crippen LogP contribution in [0.1, 0.15) is 31.4 Å². The summed E-state index contributed by atoms with van der Waals surface area (Å²) in [5.41, 5.74) is 3.66. The molecule has 0 spiro atoms. The third kappa shape index (κ3) is 3.77. The largest absolute Gasteiger partial charge is 0.481 e. The number of nitrogens with one attached hydrogen (secondary N) is 1. The summed E-state index contributed by atoms with van der Waals surface area (Å²) in [7, 11) is 0. The Labute approximate surface area is 103 Å². The third-order valence-corrected chi connectivity index (χ3v) is 3.04. The Morgan fingerprint density at radius 2 is 2.18 bits per heavy atom. The van der Waals surface area contributed by atoms with Gasteiger partial charge in [0.1, 0.15) is 0 Å². The van der Waals surface area contributed by atoms with Crippen LogP contribution in [0.5, 0.6) is 0 Å². The molecule has 1 aromatic rings. The third-order valence-electron chi connectivity index (χ3n) is 3.04. The Bertz CT molecular complexity index is 388. The minimum atomic E-state index is -0.729. The fourth-order valence-corrected chi connectivity index (χ4v) is 1.81. The molecule has 3 nitrogen and oxygen atoms in total. The first-order chi connectivity index (χ1) is 8.06. The summed E-state index contributed by atoms with van der Waals surface area (Å²) in [6, 6.07) is 6.23. The van der Waals surface area contributed by atoms with Crippen LogP contribution < -0.4 is 5.32 Å². The van der Waals surface area contributed by atoms with Gasteiger partial charge >= 0.3 is 5.97 Å². The van der Waals surface area contributed by atoms with Crippen molar-refractivity contribution in [3.63, 3.8) is 0 Å². The first-order valence-corrected chi connectivity index (χ1v) is 6.11. The molecule has 0 aliphatic carbocycles. The van der Waals surface area contributed by atoms with Crippen molar-refractivity contribution in [3.8, 4) is 0 Å². The highest BCUT2D eigenvalue weighted by Crippen LogP contribution is 2.21. The second-order valence-corrected chi connectivity index (χ2v) is 4.42. The van der Waals surface area contributed by atoms with Crippen molar-refractivity contribution in [2.75, 3.05) is 11.9 Å². The van der Waals surface area contributed by atoms with E-state index < -0.39 is 5.97 Å². The van der Waals surface area contributed by atoms with Crippen molar-refractivity contribution < 1.29 is 9.90 Å². The van der Waals surface area contributed by atoms with Gasteiger partial charge in [0.25, 0.3) is 0 Å². The second kappa shape index (κ2) is 6.28. The van der Waals surface area contributed by atoms with Crippen LogP contribution in [0.2, 0.25) is 0 Å². The molecule has 1 atom stereocenters. The molecule has 0 aromatic heterocycles. The summed E-state index contributed by atoms with van der Waals surface area (Å²) in [6.07, 6.45) is 1.63. The molecule has 3 heteroatoms. The molecule has 0 fully saturated rings. The maximum atomic E-state index is 10.7. The zero-order valence-electron chi connectivity index (χ0n) is 10.8. The predicted molar refractivity (Wildman–Crippen MR) is 70.5 cm³/mol. The number of anilines is 1. The molecule has 94 valence electrons. The highest BCUT2D eigenvalue weighted by Gasteiger charge is 2.10. The van der Waals surface area contributed by atoms with Gasteiger partial charge in [-0.2, -0.15) is 0 Å². The highest BCUT2D eigenvalue weighted by molar-refractivity contribution is 5.69. The van der Waals surface area contributed by atoms with Gasteiger partial charge in [0.05, 0.1) is 5.92 Å². The van der Waals surface area contributed by atoms with Crippen LogP contribution in [-0.2, 0) is 11.2 Å². The molecular weight excluding hydrogens is 214 g/mol. The summed E-state index contributed by atoms with van der Waals surface area (Å²) < 4.78 is 0. The molecule has 0 aliphatic rings. The number of carboxylic acid groups (broad SMARTS) is 1. The number of carboxylic acids is 1. The summed E-state index contributed by atoms with van der Waals surface area (Å²) in [4.78, 5) is 10.7. The summed E-state index contributed by atoms with van der Waals surface area (Å²) in [6.45, 7) is 6.63. The summed E-state index contributed by atoms with van der Waals surface area (Å²) in [5, 5.41) is 12.2. The molecule has 0 bridgehead atoms. The molecule has 2 N–H and O–H groups in total. The van der Waals surface area contributed by atoms with E-state index in [0.29, 0.717) is 13.0 Å². The van der Waals surface area contributed by atoms with Gasteiger partial charge in [-0.3, -0.25) is 4.79 Å². The highest BCUT2D eigenvalue weighted by atomic mass is 16.4. The van der Waals surface area contributed by atoms with Gasteiger partial charge in [-0.1, -0.05) is 32.0 Å². The van der Waals surface area contributed by atoms with Gasteiger partial charge in [0.15, 0.2) is 0 Å². The molecule has 0 radical (unpaired) electrons. The lowest BCUT2D eigenvalue weighted by molar-refractivity contribution is -0.141. The Kier molecular flexibility index (Phi) is 5.01. The number of rotatable bonds is 6. The van der Waals surface area contributed by atoms with E-state index in [-0.39, 0.29) is 5.92 Å². The van der Waals surface area contributed by atoms with Crippen molar-refractivity contribution >= 4 is 11.7 Å². The average Bonchev–Trinajstić information content (AvgIpc) is 2.30. The predicted octanol–water partition coefficient (Wildman–Crippen LogP) is 3.08. The zero-order valence-corrected chi connectivity index (χ0v) is 10.8. The molecule has 0 amide bonds. The molecule has 0 heterocycles. The molecular formula is C14H21NO2. The lowest BCUT2D eigenvalue weighted by Gasteiger charge is -2.14. The van der Waals surface area contributed by atoms with E-state index in [1.165, 1.54) is 11.1 Å². The van der Waals surface area contributed by atoms with Gasteiger partial charge < -0.3 is 10.4 Å². The molecule has 0 saturated carbocycles. The molecule has 1 unspecified atom stereocenters. The molecule has 1 aromatic carbocycles. The van der Waals surface area contributed by atoms with E-state index >= 15 is 0 Å². The smallest absolute Gasteiger partial charge is 0.306 e. The fourth-order valence-electron chi connectivity index (χ4n) is 1.81. The summed E-state index contributed by atoms with van der Waals surface area (Å²) >= 11 is 0. The summed E-state index contributed by atoms with van der Waals surface area (Å²) in [5.74, 6) is -1.02. The first-order valence-electron chi connectivity index (χ1n) is 6.11. The maximum Gasteiger partial charge on any atom is 0.306 e. The molecule has 17 heavy (non-hydrogen) atoms. The maximum absolute atomic E-state index is 10.7. The Morgan fingerprint density at radius 3 is 2.76 bits per heavy atom. The van der Waals surface area contributed by atoms with E-state index in [2.05, 4.69) is 37.4 Å². The van der Waals surface area contributed by atoms with E-state index in [1.54, 1.807) is 6.92 Å². The van der Waals surface area contributed by atoms with E-state index in [1.807, 2.05) is 0 Å². The van der Waals surface area contributed by atoms with Gasteiger partial charge in [-0.25, -0.2) is 0 Å². The quantitative estimate of drug-likeness (QED) is 0.796. The van der Waals surface area contributed by atoms with Gasteiger partial charge in [0.2, 0.25) is 0 Å². The normalized spacial score (nSPS) is 12.2. The van der Waals surface area contributed by atoms with Crippen molar-refractivity contribution in [1.82, 2.24) is 0 Å². The lowest BCUT2D eigenvalue weighted by Crippen LogP contribution is -2.15. The zero-order chi connectivity index (χ0) is 12.8. The van der Waals surface area contributed by atoms with Crippen molar-refractivity contribution in [3.05, 3.63) is 29.3 Å². The van der Waals surface area contributed by atoms with Crippen molar-refractivity contribution in [1.29, 1.82) is 0 Å². The van der Waals surface area contributed by atoms with Crippen LogP contribution in [0, 0.1) is 12.8 Å². The van der Waals surface area contributed by atoms with Gasteiger partial charge in [-0.15, -0.1) is 0 Å².